The number of likely N-dealkylation sites (tertiary alicyclic amines) is 1. The Bertz CT molecular complexity index is 843. The average Bonchev–Trinajstić information content (AvgIpc) is 3.21. The van der Waals surface area contributed by atoms with Crippen LogP contribution in [0.25, 0.3) is 0 Å². The SMILES string of the molecule is COc1ccc(C(=O)NC(=O)[C@@H]2CCCN2CC(=O)C23CC4CC(CC(C4)C2)C3)cc1. The highest BCUT2D eigenvalue weighted by molar-refractivity contribution is 6.06. The van der Waals surface area contributed by atoms with E-state index in [-0.39, 0.29) is 11.3 Å². The van der Waals surface area contributed by atoms with Gasteiger partial charge in [-0.1, -0.05) is 0 Å². The molecule has 1 aromatic carbocycles. The molecule has 4 aliphatic carbocycles. The van der Waals surface area contributed by atoms with Crippen molar-refractivity contribution in [2.75, 3.05) is 20.2 Å². The van der Waals surface area contributed by atoms with Gasteiger partial charge in [0.05, 0.1) is 19.7 Å². The first kappa shape index (κ1) is 20.7. The number of methoxy groups -OCH3 is 1. The van der Waals surface area contributed by atoms with Crippen molar-refractivity contribution in [3.63, 3.8) is 0 Å². The maximum atomic E-state index is 13.5. The zero-order valence-corrected chi connectivity index (χ0v) is 18.3. The first-order chi connectivity index (χ1) is 15.0. The Morgan fingerprint density at radius 1 is 1.03 bits per heavy atom. The van der Waals surface area contributed by atoms with Gasteiger partial charge in [0.2, 0.25) is 5.91 Å². The Kier molecular flexibility index (Phi) is 5.37. The molecule has 5 fully saturated rings. The predicted octanol–water partition coefficient (Wildman–Crippen LogP) is 3.20. The van der Waals surface area contributed by atoms with E-state index in [4.69, 9.17) is 4.74 Å². The number of benzene rings is 1. The Morgan fingerprint density at radius 3 is 2.23 bits per heavy atom. The van der Waals surface area contributed by atoms with E-state index in [9.17, 15) is 14.4 Å². The largest absolute Gasteiger partial charge is 0.497 e. The number of carbonyl (C=O) groups excluding carboxylic acids is 3. The fourth-order valence-electron chi connectivity index (χ4n) is 7.13. The Labute approximate surface area is 183 Å². The van der Waals surface area contributed by atoms with Gasteiger partial charge in [0.15, 0.2) is 5.78 Å². The Balaban J connectivity index is 1.22. The fraction of sp³-hybridized carbons (Fsp3) is 0.640. The minimum absolute atomic E-state index is 0.142. The quantitative estimate of drug-likeness (QED) is 0.710. The van der Waals surface area contributed by atoms with Gasteiger partial charge in [-0.2, -0.15) is 0 Å². The summed E-state index contributed by atoms with van der Waals surface area (Å²) in [6.07, 6.45) is 8.67. The van der Waals surface area contributed by atoms with Crippen LogP contribution >= 0.6 is 0 Å². The van der Waals surface area contributed by atoms with Crippen LogP contribution in [0.3, 0.4) is 0 Å². The van der Waals surface area contributed by atoms with Crippen molar-refractivity contribution in [3.05, 3.63) is 29.8 Å². The van der Waals surface area contributed by atoms with Crippen molar-refractivity contribution < 1.29 is 19.1 Å². The van der Waals surface area contributed by atoms with Crippen LogP contribution in [-0.2, 0) is 9.59 Å². The third-order valence-electron chi connectivity index (χ3n) is 8.23. The molecule has 2 amide bonds. The van der Waals surface area contributed by atoms with E-state index in [2.05, 4.69) is 5.32 Å². The van der Waals surface area contributed by atoms with Crippen LogP contribution in [0.5, 0.6) is 5.75 Å². The lowest BCUT2D eigenvalue weighted by Gasteiger charge is -2.56. The second-order valence-electron chi connectivity index (χ2n) is 10.3. The van der Waals surface area contributed by atoms with Crippen LogP contribution in [-0.4, -0.2) is 48.7 Å². The molecule has 0 aromatic heterocycles. The summed E-state index contributed by atoms with van der Waals surface area (Å²) in [5.41, 5.74) is 0.278. The molecule has 6 rings (SSSR count). The second kappa shape index (κ2) is 8.05. The number of hydrogen-bond acceptors (Lipinski definition) is 5. The summed E-state index contributed by atoms with van der Waals surface area (Å²) in [4.78, 5) is 40.9. The molecule has 0 spiro atoms. The molecule has 4 saturated carbocycles. The van der Waals surface area contributed by atoms with Gasteiger partial charge in [0, 0.05) is 11.0 Å². The lowest BCUT2D eigenvalue weighted by molar-refractivity contribution is -0.145. The molecule has 6 nitrogen and oxygen atoms in total. The van der Waals surface area contributed by atoms with Gasteiger partial charge in [0.1, 0.15) is 5.75 Å². The van der Waals surface area contributed by atoms with E-state index < -0.39 is 11.9 Å². The van der Waals surface area contributed by atoms with Gasteiger partial charge in [-0.05, 0) is 99.9 Å². The number of nitrogens with one attached hydrogen (secondary N) is 1. The number of nitrogens with zero attached hydrogens (tertiary/aromatic N) is 1. The molecule has 1 aliphatic heterocycles. The standard InChI is InChI=1S/C25H32N2O4/c1-31-20-6-4-19(5-7-20)23(29)26-24(30)21-3-2-8-27(21)15-22(28)25-12-16-9-17(13-25)11-18(10-16)14-25/h4-7,16-18,21H,2-3,8-15H2,1H3,(H,26,29,30)/t16?,17?,18?,21-,25?/m0/s1. The molecule has 1 aromatic rings. The van der Waals surface area contributed by atoms with E-state index in [0.717, 1.165) is 50.0 Å². The summed E-state index contributed by atoms with van der Waals surface area (Å²) in [5, 5.41) is 2.54. The van der Waals surface area contributed by atoms with Crippen LogP contribution in [0.4, 0.5) is 0 Å². The highest BCUT2D eigenvalue weighted by Crippen LogP contribution is 2.60. The van der Waals surface area contributed by atoms with Crippen LogP contribution < -0.4 is 10.1 Å². The molecular formula is C25H32N2O4. The highest BCUT2D eigenvalue weighted by Gasteiger charge is 2.54. The first-order valence-electron chi connectivity index (χ1n) is 11.7. The summed E-state index contributed by atoms with van der Waals surface area (Å²) < 4.78 is 5.11. The summed E-state index contributed by atoms with van der Waals surface area (Å²) in [6.45, 7) is 1.09. The minimum atomic E-state index is -0.410. The number of imide groups is 1. The predicted molar refractivity (Wildman–Crippen MR) is 116 cm³/mol. The molecule has 1 heterocycles. The zero-order chi connectivity index (χ0) is 21.6. The normalized spacial score (nSPS) is 34.0. The topological polar surface area (TPSA) is 75.7 Å². The maximum Gasteiger partial charge on any atom is 0.257 e. The van der Waals surface area contributed by atoms with Crippen molar-refractivity contribution in [3.8, 4) is 5.75 Å². The van der Waals surface area contributed by atoms with Gasteiger partial charge in [-0.25, -0.2) is 0 Å². The van der Waals surface area contributed by atoms with Gasteiger partial charge in [-0.15, -0.1) is 0 Å². The molecule has 166 valence electrons. The molecule has 5 aliphatic rings. The van der Waals surface area contributed by atoms with Gasteiger partial charge >= 0.3 is 0 Å². The molecule has 1 N–H and O–H groups in total. The fourth-order valence-corrected chi connectivity index (χ4v) is 7.13. The number of rotatable bonds is 6. The van der Waals surface area contributed by atoms with Crippen molar-refractivity contribution in [1.82, 2.24) is 10.2 Å². The number of ketones is 1. The lowest BCUT2D eigenvalue weighted by Crippen LogP contribution is -2.54. The highest BCUT2D eigenvalue weighted by atomic mass is 16.5. The van der Waals surface area contributed by atoms with Gasteiger partial charge in [0.25, 0.3) is 5.91 Å². The molecule has 1 atom stereocenters. The van der Waals surface area contributed by atoms with E-state index in [1.165, 1.54) is 19.3 Å². The summed E-state index contributed by atoms with van der Waals surface area (Å²) in [7, 11) is 1.57. The molecule has 31 heavy (non-hydrogen) atoms. The molecule has 0 unspecified atom stereocenters. The molecule has 6 heteroatoms. The van der Waals surface area contributed by atoms with E-state index >= 15 is 0 Å². The zero-order valence-electron chi connectivity index (χ0n) is 18.3. The van der Waals surface area contributed by atoms with Crippen LogP contribution in [0, 0.1) is 23.2 Å². The minimum Gasteiger partial charge on any atom is -0.497 e. The molecule has 0 radical (unpaired) electrons. The third-order valence-corrected chi connectivity index (χ3v) is 8.23. The third kappa shape index (κ3) is 3.91. The van der Waals surface area contributed by atoms with Crippen molar-refractivity contribution in [2.45, 2.75) is 57.4 Å². The van der Waals surface area contributed by atoms with Crippen LogP contribution in [0.2, 0.25) is 0 Å². The summed E-state index contributed by atoms with van der Waals surface area (Å²) in [5.74, 6) is 2.49. The molecular weight excluding hydrogens is 392 g/mol. The van der Waals surface area contributed by atoms with Crippen LogP contribution in [0.1, 0.15) is 61.7 Å². The van der Waals surface area contributed by atoms with Gasteiger partial charge < -0.3 is 4.74 Å². The smallest absolute Gasteiger partial charge is 0.257 e. The monoisotopic (exact) mass is 424 g/mol. The second-order valence-corrected chi connectivity index (χ2v) is 10.3. The Hall–Kier alpha value is -2.21. The number of amides is 2. The van der Waals surface area contributed by atoms with Gasteiger partial charge in [-0.3, -0.25) is 24.6 Å². The Morgan fingerprint density at radius 2 is 1.65 bits per heavy atom. The average molecular weight is 425 g/mol. The van der Waals surface area contributed by atoms with Crippen molar-refractivity contribution >= 4 is 17.6 Å². The summed E-state index contributed by atoms with van der Waals surface area (Å²) in [6, 6.07) is 6.28. The van der Waals surface area contributed by atoms with Crippen LogP contribution in [0.15, 0.2) is 24.3 Å². The maximum absolute atomic E-state index is 13.5. The van der Waals surface area contributed by atoms with Crippen molar-refractivity contribution in [2.24, 2.45) is 23.2 Å². The molecule has 1 saturated heterocycles. The number of ether oxygens (including phenoxy) is 1. The van der Waals surface area contributed by atoms with E-state index in [1.54, 1.807) is 31.4 Å². The summed E-state index contributed by atoms with van der Waals surface area (Å²) >= 11 is 0. The number of carbonyl (C=O) groups is 3. The first-order valence-corrected chi connectivity index (χ1v) is 11.7. The number of hydrogen-bond donors (Lipinski definition) is 1. The molecule has 4 bridgehead atoms. The van der Waals surface area contributed by atoms with E-state index in [1.807, 2.05) is 4.90 Å². The van der Waals surface area contributed by atoms with E-state index in [0.29, 0.717) is 30.1 Å². The van der Waals surface area contributed by atoms with Crippen molar-refractivity contribution in [1.29, 1.82) is 0 Å². The lowest BCUT2D eigenvalue weighted by atomic mass is 9.48. The number of Topliss-reactive ketones (excluding diaryl/α,β-unsaturated/α-hetero) is 1.